The molecule has 0 fully saturated rings. The van der Waals surface area contributed by atoms with Gasteiger partial charge in [0, 0.05) is 26.2 Å². The number of hydrogen-bond acceptors (Lipinski definition) is 3. The van der Waals surface area contributed by atoms with Crippen molar-refractivity contribution in [3.8, 4) is 0 Å². The molecule has 0 bridgehead atoms. The first-order valence-electron chi connectivity index (χ1n) is 5.21. The Bertz CT molecular complexity index is 333. The molecule has 1 aromatic carbocycles. The molecule has 0 aromatic heterocycles. The van der Waals surface area contributed by atoms with Gasteiger partial charge in [-0.15, -0.1) is 0 Å². The third-order valence-corrected chi connectivity index (χ3v) is 2.31. The summed E-state index contributed by atoms with van der Waals surface area (Å²) < 4.78 is 0. The van der Waals surface area contributed by atoms with Crippen LogP contribution >= 0.6 is 0 Å². The van der Waals surface area contributed by atoms with Crippen LogP contribution in [0.15, 0.2) is 24.3 Å². The summed E-state index contributed by atoms with van der Waals surface area (Å²) in [6.45, 7) is 0. The van der Waals surface area contributed by atoms with E-state index in [1.807, 2.05) is 43.3 Å². The maximum Gasteiger partial charge on any atom is 0.243 e. The summed E-state index contributed by atoms with van der Waals surface area (Å²) in [5, 5.41) is 0. The zero-order valence-electron chi connectivity index (χ0n) is 9.99. The first-order valence-corrected chi connectivity index (χ1v) is 5.21. The highest BCUT2D eigenvalue weighted by molar-refractivity contribution is 5.75. The molecule has 0 saturated heterocycles. The lowest BCUT2D eigenvalue weighted by Gasteiger charge is -2.12. The molecule has 88 valence electrons. The standard InChI is InChI=1S/C12H18N2O2/c1-14(2)11-7-4-10(5-8-11)6-9-12(15)13-16-3/h4-5,7-8H,6,9H2,1-3H3,(H,13,15). The van der Waals surface area contributed by atoms with Gasteiger partial charge >= 0.3 is 0 Å². The number of nitrogens with one attached hydrogen (secondary N) is 1. The van der Waals surface area contributed by atoms with Crippen molar-refractivity contribution < 1.29 is 9.63 Å². The average molecular weight is 222 g/mol. The summed E-state index contributed by atoms with van der Waals surface area (Å²) in [4.78, 5) is 17.7. The van der Waals surface area contributed by atoms with E-state index in [4.69, 9.17) is 0 Å². The molecule has 0 saturated carbocycles. The molecule has 0 spiro atoms. The van der Waals surface area contributed by atoms with Crippen LogP contribution in [0.4, 0.5) is 5.69 Å². The van der Waals surface area contributed by atoms with Crippen LogP contribution < -0.4 is 10.4 Å². The van der Waals surface area contributed by atoms with Crippen LogP contribution in [0.25, 0.3) is 0 Å². The Morgan fingerprint density at radius 1 is 1.31 bits per heavy atom. The van der Waals surface area contributed by atoms with Crippen molar-refractivity contribution in [1.82, 2.24) is 5.48 Å². The highest BCUT2D eigenvalue weighted by Crippen LogP contribution is 2.13. The second-order valence-corrected chi connectivity index (χ2v) is 3.79. The van der Waals surface area contributed by atoms with Crippen LogP contribution in [-0.2, 0) is 16.1 Å². The van der Waals surface area contributed by atoms with Crippen LogP contribution in [0, 0.1) is 0 Å². The van der Waals surface area contributed by atoms with Gasteiger partial charge in [-0.05, 0) is 24.1 Å². The van der Waals surface area contributed by atoms with Gasteiger partial charge in [0.2, 0.25) is 5.91 Å². The lowest BCUT2D eigenvalue weighted by Crippen LogP contribution is -2.21. The van der Waals surface area contributed by atoms with Crippen molar-refractivity contribution in [3.63, 3.8) is 0 Å². The van der Waals surface area contributed by atoms with E-state index < -0.39 is 0 Å². The number of nitrogens with zero attached hydrogens (tertiary/aromatic N) is 1. The topological polar surface area (TPSA) is 41.6 Å². The quantitative estimate of drug-likeness (QED) is 0.765. The molecule has 0 radical (unpaired) electrons. The highest BCUT2D eigenvalue weighted by atomic mass is 16.6. The minimum absolute atomic E-state index is 0.0980. The van der Waals surface area contributed by atoms with Gasteiger partial charge < -0.3 is 4.90 Å². The summed E-state index contributed by atoms with van der Waals surface area (Å²) in [7, 11) is 5.44. The van der Waals surface area contributed by atoms with Crippen molar-refractivity contribution >= 4 is 11.6 Å². The van der Waals surface area contributed by atoms with Crippen molar-refractivity contribution in [1.29, 1.82) is 0 Å². The predicted molar refractivity (Wildman–Crippen MR) is 64.2 cm³/mol. The van der Waals surface area contributed by atoms with Crippen LogP contribution in [0.3, 0.4) is 0 Å². The molecule has 0 unspecified atom stereocenters. The van der Waals surface area contributed by atoms with E-state index in [1.165, 1.54) is 7.11 Å². The van der Waals surface area contributed by atoms with Crippen molar-refractivity contribution in [2.75, 3.05) is 26.1 Å². The summed E-state index contributed by atoms with van der Waals surface area (Å²) in [5.41, 5.74) is 4.61. The van der Waals surface area contributed by atoms with Crippen LogP contribution in [0.5, 0.6) is 0 Å². The molecule has 1 N–H and O–H groups in total. The third-order valence-electron chi connectivity index (χ3n) is 2.31. The molecule has 4 heteroatoms. The Hall–Kier alpha value is -1.55. The van der Waals surface area contributed by atoms with Gasteiger partial charge in [-0.25, -0.2) is 5.48 Å². The van der Waals surface area contributed by atoms with Crippen LogP contribution in [0.1, 0.15) is 12.0 Å². The van der Waals surface area contributed by atoms with Gasteiger partial charge in [0.15, 0.2) is 0 Å². The molecule has 4 nitrogen and oxygen atoms in total. The molecule has 0 aliphatic rings. The minimum atomic E-state index is -0.0980. The Balaban J connectivity index is 2.46. The van der Waals surface area contributed by atoms with Crippen molar-refractivity contribution in [2.24, 2.45) is 0 Å². The first kappa shape index (κ1) is 12.5. The van der Waals surface area contributed by atoms with E-state index in [0.29, 0.717) is 6.42 Å². The van der Waals surface area contributed by atoms with E-state index in [1.54, 1.807) is 0 Å². The summed E-state index contributed by atoms with van der Waals surface area (Å²) in [6, 6.07) is 8.16. The number of amides is 1. The fourth-order valence-corrected chi connectivity index (χ4v) is 1.38. The maximum atomic E-state index is 11.1. The number of benzene rings is 1. The van der Waals surface area contributed by atoms with Gasteiger partial charge in [0.05, 0.1) is 7.11 Å². The summed E-state index contributed by atoms with van der Waals surface area (Å²) in [5.74, 6) is -0.0980. The third kappa shape index (κ3) is 3.90. The Kier molecular flexibility index (Phi) is 4.79. The number of carbonyl (C=O) groups is 1. The number of hydrogen-bond donors (Lipinski definition) is 1. The molecule has 0 atom stereocenters. The largest absolute Gasteiger partial charge is 0.378 e. The molecule has 0 aliphatic heterocycles. The fourth-order valence-electron chi connectivity index (χ4n) is 1.38. The second kappa shape index (κ2) is 6.12. The molecule has 1 aromatic rings. The van der Waals surface area contributed by atoms with Gasteiger partial charge in [-0.3, -0.25) is 9.63 Å². The first-order chi connectivity index (χ1) is 7.63. The summed E-state index contributed by atoms with van der Waals surface area (Å²) >= 11 is 0. The monoisotopic (exact) mass is 222 g/mol. The molecule has 1 amide bonds. The predicted octanol–water partition coefficient (Wildman–Crippen LogP) is 1.36. The minimum Gasteiger partial charge on any atom is -0.378 e. The van der Waals surface area contributed by atoms with Crippen LogP contribution in [0.2, 0.25) is 0 Å². The smallest absolute Gasteiger partial charge is 0.243 e. The van der Waals surface area contributed by atoms with E-state index >= 15 is 0 Å². The molecule has 1 rings (SSSR count). The SMILES string of the molecule is CONC(=O)CCc1ccc(N(C)C)cc1. The average Bonchev–Trinajstić information content (AvgIpc) is 2.27. The van der Waals surface area contributed by atoms with E-state index in [0.717, 1.165) is 17.7 Å². The van der Waals surface area contributed by atoms with Crippen molar-refractivity contribution in [3.05, 3.63) is 29.8 Å². The molecular weight excluding hydrogens is 204 g/mol. The number of rotatable bonds is 5. The Labute approximate surface area is 96.2 Å². The molecule has 16 heavy (non-hydrogen) atoms. The second-order valence-electron chi connectivity index (χ2n) is 3.79. The summed E-state index contributed by atoms with van der Waals surface area (Å²) in [6.07, 6.45) is 1.16. The van der Waals surface area contributed by atoms with Gasteiger partial charge in [-0.2, -0.15) is 0 Å². The van der Waals surface area contributed by atoms with E-state index in [2.05, 4.69) is 10.3 Å². The van der Waals surface area contributed by atoms with E-state index in [9.17, 15) is 4.79 Å². The van der Waals surface area contributed by atoms with E-state index in [-0.39, 0.29) is 5.91 Å². The normalized spacial score (nSPS) is 9.94. The zero-order valence-corrected chi connectivity index (χ0v) is 9.99. The van der Waals surface area contributed by atoms with Gasteiger partial charge in [-0.1, -0.05) is 12.1 Å². The zero-order chi connectivity index (χ0) is 12.0. The number of anilines is 1. The Morgan fingerprint density at radius 2 is 1.94 bits per heavy atom. The number of hydroxylamine groups is 1. The Morgan fingerprint density at radius 3 is 2.44 bits per heavy atom. The van der Waals surface area contributed by atoms with Crippen LogP contribution in [-0.4, -0.2) is 27.1 Å². The molecular formula is C12H18N2O2. The van der Waals surface area contributed by atoms with Gasteiger partial charge in [0.25, 0.3) is 0 Å². The van der Waals surface area contributed by atoms with Gasteiger partial charge in [0.1, 0.15) is 0 Å². The molecule has 0 heterocycles. The number of carbonyl (C=O) groups excluding carboxylic acids is 1. The number of aryl methyl sites for hydroxylation is 1. The fraction of sp³-hybridized carbons (Fsp3) is 0.417. The molecule has 0 aliphatic carbocycles. The maximum absolute atomic E-state index is 11.1. The lowest BCUT2D eigenvalue weighted by molar-refractivity contribution is -0.131. The lowest BCUT2D eigenvalue weighted by atomic mass is 10.1. The van der Waals surface area contributed by atoms with Crippen molar-refractivity contribution in [2.45, 2.75) is 12.8 Å². The highest BCUT2D eigenvalue weighted by Gasteiger charge is 2.01.